The van der Waals surface area contributed by atoms with Crippen molar-refractivity contribution in [2.24, 2.45) is 5.92 Å². The maximum atomic E-state index is 5.98. The van der Waals surface area contributed by atoms with Crippen LogP contribution in [0.25, 0.3) is 0 Å². The average Bonchev–Trinajstić information content (AvgIpc) is 2.64. The van der Waals surface area contributed by atoms with E-state index in [2.05, 4.69) is 34.4 Å². The van der Waals surface area contributed by atoms with Crippen LogP contribution in [-0.4, -0.2) is 16.5 Å². The largest absolute Gasteiger partial charge is 0.455 e. The molecule has 2 aromatic carbocycles. The number of hydrogen-bond donors (Lipinski definition) is 2. The van der Waals surface area contributed by atoms with Crippen molar-refractivity contribution in [3.8, 4) is 11.5 Å². The third-order valence-corrected chi connectivity index (χ3v) is 3.78. The highest BCUT2D eigenvalue weighted by atomic mass is 16.5. The van der Waals surface area contributed by atoms with Gasteiger partial charge < -0.3 is 15.4 Å². The molecule has 0 aliphatic rings. The summed E-state index contributed by atoms with van der Waals surface area (Å²) in [5, 5.41) is 6.58. The molecule has 0 saturated heterocycles. The predicted molar refractivity (Wildman–Crippen MR) is 106 cm³/mol. The van der Waals surface area contributed by atoms with Crippen LogP contribution in [0.3, 0.4) is 0 Å². The van der Waals surface area contributed by atoms with Crippen molar-refractivity contribution in [2.45, 2.75) is 20.3 Å². The summed E-state index contributed by atoms with van der Waals surface area (Å²) < 4.78 is 5.98. The Hall–Kier alpha value is -3.08. The molecule has 0 spiro atoms. The van der Waals surface area contributed by atoms with Crippen LogP contribution in [0.15, 0.2) is 66.9 Å². The highest BCUT2D eigenvalue weighted by molar-refractivity contribution is 5.65. The van der Waals surface area contributed by atoms with Crippen LogP contribution in [0.5, 0.6) is 11.5 Å². The van der Waals surface area contributed by atoms with Crippen LogP contribution >= 0.6 is 0 Å². The summed E-state index contributed by atoms with van der Waals surface area (Å²) in [6, 6.07) is 19.4. The molecule has 0 radical (unpaired) electrons. The number of hydrogen-bond acceptors (Lipinski definition) is 5. The minimum absolute atomic E-state index is 0.622. The van der Waals surface area contributed by atoms with E-state index in [4.69, 9.17) is 4.74 Å². The Morgan fingerprint density at radius 1 is 0.962 bits per heavy atom. The zero-order chi connectivity index (χ0) is 18.2. The molecule has 0 bridgehead atoms. The van der Waals surface area contributed by atoms with Gasteiger partial charge in [0.1, 0.15) is 11.6 Å². The van der Waals surface area contributed by atoms with E-state index >= 15 is 0 Å². The lowest BCUT2D eigenvalue weighted by Crippen LogP contribution is -2.08. The maximum Gasteiger partial charge on any atom is 0.224 e. The van der Waals surface area contributed by atoms with Crippen LogP contribution in [0.1, 0.15) is 20.3 Å². The topological polar surface area (TPSA) is 59.1 Å². The van der Waals surface area contributed by atoms with E-state index in [-0.39, 0.29) is 0 Å². The summed E-state index contributed by atoms with van der Waals surface area (Å²) in [5.41, 5.74) is 0.850. The van der Waals surface area contributed by atoms with Crippen molar-refractivity contribution in [1.29, 1.82) is 0 Å². The Balaban J connectivity index is 1.71. The fraction of sp³-hybridized carbons (Fsp3) is 0.238. The van der Waals surface area contributed by atoms with Crippen molar-refractivity contribution < 1.29 is 4.74 Å². The lowest BCUT2D eigenvalue weighted by molar-refractivity contribution is 0.485. The second-order valence-electron chi connectivity index (χ2n) is 6.41. The third-order valence-electron chi connectivity index (χ3n) is 3.78. The molecule has 0 saturated carbocycles. The molecule has 26 heavy (non-hydrogen) atoms. The molecule has 0 atom stereocenters. The van der Waals surface area contributed by atoms with Gasteiger partial charge in [-0.05, 0) is 42.7 Å². The first-order valence-electron chi connectivity index (χ1n) is 8.86. The molecular weight excluding hydrogens is 324 g/mol. The highest BCUT2D eigenvalue weighted by Crippen LogP contribution is 2.31. The molecule has 134 valence electrons. The van der Waals surface area contributed by atoms with Gasteiger partial charge in [0, 0.05) is 12.7 Å². The molecule has 0 aliphatic carbocycles. The van der Waals surface area contributed by atoms with Gasteiger partial charge in [0.25, 0.3) is 0 Å². The van der Waals surface area contributed by atoms with E-state index in [0.29, 0.717) is 11.9 Å². The molecule has 1 aromatic heterocycles. The summed E-state index contributed by atoms with van der Waals surface area (Å²) in [4.78, 5) is 8.80. The predicted octanol–water partition coefficient (Wildman–Crippen LogP) is 5.47. The zero-order valence-electron chi connectivity index (χ0n) is 15.1. The Labute approximate surface area is 154 Å². The number of ether oxygens (including phenoxy) is 1. The van der Waals surface area contributed by atoms with Crippen molar-refractivity contribution >= 4 is 17.5 Å². The molecule has 3 rings (SSSR count). The van der Waals surface area contributed by atoms with Crippen LogP contribution < -0.4 is 15.4 Å². The molecule has 3 aromatic rings. The van der Waals surface area contributed by atoms with Gasteiger partial charge >= 0.3 is 0 Å². The molecule has 0 fully saturated rings. The van der Waals surface area contributed by atoms with Gasteiger partial charge in [0.05, 0.1) is 5.69 Å². The Morgan fingerprint density at radius 2 is 1.73 bits per heavy atom. The molecule has 2 N–H and O–H groups in total. The number of aromatic nitrogens is 2. The van der Waals surface area contributed by atoms with Crippen molar-refractivity contribution in [3.05, 3.63) is 66.9 Å². The Morgan fingerprint density at radius 3 is 2.54 bits per heavy atom. The van der Waals surface area contributed by atoms with Crippen molar-refractivity contribution in [1.82, 2.24) is 9.97 Å². The summed E-state index contributed by atoms with van der Waals surface area (Å²) in [5.74, 6) is 3.52. The molecule has 0 aliphatic heterocycles. The van der Waals surface area contributed by atoms with Gasteiger partial charge in [0.15, 0.2) is 5.75 Å². The smallest absolute Gasteiger partial charge is 0.224 e. The molecule has 0 amide bonds. The fourth-order valence-corrected chi connectivity index (χ4v) is 2.40. The summed E-state index contributed by atoms with van der Waals surface area (Å²) in [6.07, 6.45) is 2.82. The average molecular weight is 348 g/mol. The second-order valence-corrected chi connectivity index (χ2v) is 6.41. The molecule has 0 unspecified atom stereocenters. The third kappa shape index (κ3) is 5.21. The van der Waals surface area contributed by atoms with Gasteiger partial charge in [-0.15, -0.1) is 0 Å². The Bertz CT molecular complexity index is 821. The van der Waals surface area contributed by atoms with Gasteiger partial charge in [0.2, 0.25) is 5.95 Å². The van der Waals surface area contributed by atoms with E-state index in [1.54, 1.807) is 6.20 Å². The number of rotatable bonds is 8. The van der Waals surface area contributed by atoms with E-state index in [1.165, 1.54) is 0 Å². The van der Waals surface area contributed by atoms with E-state index in [9.17, 15) is 0 Å². The molecule has 5 heteroatoms. The second kappa shape index (κ2) is 8.85. The lowest BCUT2D eigenvalue weighted by Gasteiger charge is -2.13. The molecular formula is C21H24N4O. The van der Waals surface area contributed by atoms with Crippen LogP contribution in [0.4, 0.5) is 17.5 Å². The summed E-state index contributed by atoms with van der Waals surface area (Å²) >= 11 is 0. The standard InChI is InChI=1S/C21H24N4O/c1-16(2)12-14-22-21-23-15-13-20(25-21)24-18-10-6-7-11-19(18)26-17-8-4-3-5-9-17/h3-11,13,15-16H,12,14H2,1-2H3,(H2,22,23,24,25). The summed E-state index contributed by atoms with van der Waals surface area (Å²) in [6.45, 7) is 5.25. The first kappa shape index (κ1) is 17.7. The van der Waals surface area contributed by atoms with Crippen LogP contribution in [0, 0.1) is 5.92 Å². The number of nitrogens with one attached hydrogen (secondary N) is 2. The quantitative estimate of drug-likeness (QED) is 0.565. The van der Waals surface area contributed by atoms with Crippen molar-refractivity contribution in [2.75, 3.05) is 17.2 Å². The number of nitrogens with zero attached hydrogens (tertiary/aromatic N) is 2. The first-order valence-corrected chi connectivity index (χ1v) is 8.86. The zero-order valence-corrected chi connectivity index (χ0v) is 15.1. The van der Waals surface area contributed by atoms with Crippen LogP contribution in [-0.2, 0) is 0 Å². The lowest BCUT2D eigenvalue weighted by atomic mass is 10.1. The van der Waals surface area contributed by atoms with E-state index < -0.39 is 0 Å². The van der Waals surface area contributed by atoms with Gasteiger partial charge in [-0.25, -0.2) is 4.98 Å². The highest BCUT2D eigenvalue weighted by Gasteiger charge is 2.06. The van der Waals surface area contributed by atoms with Gasteiger partial charge in [-0.2, -0.15) is 4.98 Å². The monoisotopic (exact) mass is 348 g/mol. The summed E-state index contributed by atoms with van der Waals surface area (Å²) in [7, 11) is 0. The number of benzene rings is 2. The van der Waals surface area contributed by atoms with Gasteiger partial charge in [-0.3, -0.25) is 0 Å². The molecule has 5 nitrogen and oxygen atoms in total. The van der Waals surface area contributed by atoms with Crippen molar-refractivity contribution in [3.63, 3.8) is 0 Å². The first-order chi connectivity index (χ1) is 12.7. The SMILES string of the molecule is CC(C)CCNc1nccc(Nc2ccccc2Oc2ccccc2)n1. The maximum absolute atomic E-state index is 5.98. The number of anilines is 3. The van der Waals surface area contributed by atoms with Crippen LogP contribution in [0.2, 0.25) is 0 Å². The minimum Gasteiger partial charge on any atom is -0.455 e. The minimum atomic E-state index is 0.622. The Kier molecular flexibility index (Phi) is 6.04. The van der Waals surface area contributed by atoms with Gasteiger partial charge in [-0.1, -0.05) is 44.2 Å². The fourth-order valence-electron chi connectivity index (χ4n) is 2.40. The number of para-hydroxylation sites is 3. The molecule has 1 heterocycles. The van der Waals surface area contributed by atoms with E-state index in [1.807, 2.05) is 60.7 Å². The van der Waals surface area contributed by atoms with E-state index in [0.717, 1.165) is 36.0 Å². The normalized spacial score (nSPS) is 10.6.